The summed E-state index contributed by atoms with van der Waals surface area (Å²) in [6.45, 7) is 1.25. The van der Waals surface area contributed by atoms with Crippen LogP contribution in [0.2, 0.25) is 0 Å². The lowest BCUT2D eigenvalue weighted by Gasteiger charge is -2.12. The van der Waals surface area contributed by atoms with Crippen molar-refractivity contribution in [3.8, 4) is 5.75 Å². The molecule has 7 heteroatoms. The van der Waals surface area contributed by atoms with Gasteiger partial charge in [-0.15, -0.1) is 0 Å². The zero-order chi connectivity index (χ0) is 18.4. The summed E-state index contributed by atoms with van der Waals surface area (Å²) in [6, 6.07) is 11.8. The Balaban J connectivity index is 2.34. The number of rotatable bonds is 5. The summed E-state index contributed by atoms with van der Waals surface area (Å²) in [6.07, 6.45) is 0. The molecule has 0 bridgehead atoms. The van der Waals surface area contributed by atoms with E-state index in [9.17, 15) is 14.4 Å². The molecule has 0 spiro atoms. The van der Waals surface area contributed by atoms with Crippen LogP contribution >= 0.6 is 15.9 Å². The molecule has 0 saturated carbocycles. The fourth-order valence-corrected chi connectivity index (χ4v) is 2.57. The van der Waals surface area contributed by atoms with Crippen LogP contribution in [0, 0.1) is 0 Å². The fourth-order valence-electron chi connectivity index (χ4n) is 2.03. The first-order valence-corrected chi connectivity index (χ1v) is 8.03. The van der Waals surface area contributed by atoms with Crippen molar-refractivity contribution in [2.24, 2.45) is 0 Å². The van der Waals surface area contributed by atoms with Crippen LogP contribution in [0.3, 0.4) is 0 Å². The number of carbonyl (C=O) groups excluding carboxylic acids is 3. The Morgan fingerprint density at radius 1 is 1.04 bits per heavy atom. The summed E-state index contributed by atoms with van der Waals surface area (Å²) >= 11 is 3.20. The van der Waals surface area contributed by atoms with Gasteiger partial charge in [-0.05, 0) is 33.6 Å². The van der Waals surface area contributed by atoms with Gasteiger partial charge in [-0.25, -0.2) is 9.59 Å². The molecule has 0 saturated heterocycles. The Labute approximate surface area is 152 Å². The topological polar surface area (TPSA) is 78.9 Å². The summed E-state index contributed by atoms with van der Waals surface area (Å²) in [7, 11) is 1.23. The molecule has 0 aliphatic carbocycles. The van der Waals surface area contributed by atoms with E-state index in [-0.39, 0.29) is 28.0 Å². The van der Waals surface area contributed by atoms with Crippen molar-refractivity contribution in [1.82, 2.24) is 0 Å². The van der Waals surface area contributed by atoms with Crippen molar-refractivity contribution >= 4 is 33.8 Å². The van der Waals surface area contributed by atoms with Gasteiger partial charge in [-0.3, -0.25) is 4.79 Å². The second-order valence-corrected chi connectivity index (χ2v) is 5.84. The molecule has 2 rings (SSSR count). The minimum atomic E-state index is -0.730. The summed E-state index contributed by atoms with van der Waals surface area (Å²) in [5, 5.41) is 0. The van der Waals surface area contributed by atoms with E-state index in [0.29, 0.717) is 0 Å². The van der Waals surface area contributed by atoms with Gasteiger partial charge in [0.2, 0.25) is 0 Å². The molecular weight excluding hydrogens is 392 g/mol. The van der Waals surface area contributed by atoms with Crippen molar-refractivity contribution in [2.45, 2.75) is 13.5 Å². The maximum Gasteiger partial charge on any atom is 0.342 e. The predicted molar refractivity (Wildman–Crippen MR) is 92.4 cm³/mol. The number of ether oxygens (including phenoxy) is 3. The third kappa shape index (κ3) is 4.90. The van der Waals surface area contributed by atoms with Crippen molar-refractivity contribution in [3.63, 3.8) is 0 Å². The van der Waals surface area contributed by atoms with Gasteiger partial charge in [0, 0.05) is 6.92 Å². The molecule has 6 nitrogen and oxygen atoms in total. The average Bonchev–Trinajstić information content (AvgIpc) is 2.61. The van der Waals surface area contributed by atoms with Crippen LogP contribution in [0.1, 0.15) is 33.2 Å². The molecule has 0 atom stereocenters. The number of hydrogen-bond acceptors (Lipinski definition) is 6. The van der Waals surface area contributed by atoms with Crippen LogP contribution in [0.5, 0.6) is 5.75 Å². The standard InChI is InChI=1S/C18H15BrO6/c1-11(20)25-16-14(8-13(9-15(16)19)17(21)23-2)18(22)24-10-12-6-4-3-5-7-12/h3-9H,10H2,1-2H3. The third-order valence-corrected chi connectivity index (χ3v) is 3.73. The maximum atomic E-state index is 12.4. The van der Waals surface area contributed by atoms with Gasteiger partial charge in [-0.2, -0.15) is 0 Å². The highest BCUT2D eigenvalue weighted by Crippen LogP contribution is 2.32. The van der Waals surface area contributed by atoms with Crippen molar-refractivity contribution in [1.29, 1.82) is 0 Å². The summed E-state index contributed by atoms with van der Waals surface area (Å²) in [5.74, 6) is -1.99. The third-order valence-electron chi connectivity index (χ3n) is 3.14. The monoisotopic (exact) mass is 406 g/mol. The first-order valence-electron chi connectivity index (χ1n) is 7.23. The van der Waals surface area contributed by atoms with Crippen LogP contribution in [0.25, 0.3) is 0 Å². The van der Waals surface area contributed by atoms with E-state index in [1.165, 1.54) is 26.2 Å². The lowest BCUT2D eigenvalue weighted by atomic mass is 10.1. The van der Waals surface area contributed by atoms with Crippen molar-refractivity contribution in [2.75, 3.05) is 7.11 Å². The minimum absolute atomic E-state index is 0.0155. The molecule has 0 aromatic heterocycles. The number of benzene rings is 2. The molecule has 0 radical (unpaired) electrons. The molecule has 0 N–H and O–H groups in total. The van der Waals surface area contributed by atoms with E-state index in [2.05, 4.69) is 20.7 Å². The Hall–Kier alpha value is -2.67. The summed E-state index contributed by atoms with van der Waals surface area (Å²) in [4.78, 5) is 35.5. The molecule has 0 aliphatic heterocycles. The van der Waals surface area contributed by atoms with Crippen LogP contribution in [0.15, 0.2) is 46.9 Å². The SMILES string of the molecule is COC(=O)c1cc(Br)c(OC(C)=O)c(C(=O)OCc2ccccc2)c1. The maximum absolute atomic E-state index is 12.4. The molecule has 130 valence electrons. The summed E-state index contributed by atoms with van der Waals surface area (Å²) in [5.41, 5.74) is 0.867. The quantitative estimate of drug-likeness (QED) is 0.558. The van der Waals surface area contributed by atoms with E-state index in [4.69, 9.17) is 9.47 Å². The van der Waals surface area contributed by atoms with Gasteiger partial charge in [0.05, 0.1) is 17.1 Å². The molecule has 0 heterocycles. The highest BCUT2D eigenvalue weighted by atomic mass is 79.9. The predicted octanol–water partition coefficient (Wildman–Crippen LogP) is 3.52. The van der Waals surface area contributed by atoms with Gasteiger partial charge in [-0.1, -0.05) is 30.3 Å². The number of hydrogen-bond donors (Lipinski definition) is 0. The van der Waals surface area contributed by atoms with Crippen LogP contribution in [-0.4, -0.2) is 25.0 Å². The smallest absolute Gasteiger partial charge is 0.342 e. The van der Waals surface area contributed by atoms with Gasteiger partial charge in [0.25, 0.3) is 0 Å². The number of halogens is 1. The van der Waals surface area contributed by atoms with E-state index in [1.807, 2.05) is 18.2 Å². The molecule has 2 aromatic carbocycles. The van der Waals surface area contributed by atoms with Gasteiger partial charge < -0.3 is 14.2 Å². The largest absolute Gasteiger partial charge is 0.465 e. The minimum Gasteiger partial charge on any atom is -0.465 e. The molecule has 0 fully saturated rings. The second-order valence-electron chi connectivity index (χ2n) is 4.98. The van der Waals surface area contributed by atoms with Gasteiger partial charge >= 0.3 is 17.9 Å². The van der Waals surface area contributed by atoms with Gasteiger partial charge in [0.1, 0.15) is 12.2 Å². The highest BCUT2D eigenvalue weighted by molar-refractivity contribution is 9.10. The molecule has 2 aromatic rings. The zero-order valence-corrected chi connectivity index (χ0v) is 15.2. The normalized spacial score (nSPS) is 10.0. The Bertz CT molecular complexity index is 801. The molecule has 0 unspecified atom stereocenters. The van der Waals surface area contributed by atoms with Crippen molar-refractivity contribution in [3.05, 3.63) is 63.6 Å². The van der Waals surface area contributed by atoms with E-state index in [1.54, 1.807) is 12.1 Å². The lowest BCUT2D eigenvalue weighted by Crippen LogP contribution is -2.13. The van der Waals surface area contributed by atoms with E-state index in [0.717, 1.165) is 5.56 Å². The van der Waals surface area contributed by atoms with E-state index < -0.39 is 17.9 Å². The zero-order valence-electron chi connectivity index (χ0n) is 13.6. The Morgan fingerprint density at radius 2 is 1.72 bits per heavy atom. The Morgan fingerprint density at radius 3 is 2.32 bits per heavy atom. The molecule has 0 aliphatic rings. The lowest BCUT2D eigenvalue weighted by molar-refractivity contribution is -0.131. The number of methoxy groups -OCH3 is 1. The van der Waals surface area contributed by atoms with Crippen LogP contribution in [-0.2, 0) is 20.9 Å². The van der Waals surface area contributed by atoms with E-state index >= 15 is 0 Å². The summed E-state index contributed by atoms with van der Waals surface area (Å²) < 4.78 is 15.3. The number of carbonyl (C=O) groups is 3. The molecule has 0 amide bonds. The first-order chi connectivity index (χ1) is 11.9. The Kier molecular flexibility index (Phi) is 6.30. The van der Waals surface area contributed by atoms with Crippen LogP contribution in [0.4, 0.5) is 0 Å². The number of esters is 3. The second kappa shape index (κ2) is 8.43. The highest BCUT2D eigenvalue weighted by Gasteiger charge is 2.22. The molecule has 25 heavy (non-hydrogen) atoms. The average molecular weight is 407 g/mol. The first kappa shape index (κ1) is 18.7. The van der Waals surface area contributed by atoms with Crippen molar-refractivity contribution < 1.29 is 28.6 Å². The van der Waals surface area contributed by atoms with Crippen LogP contribution < -0.4 is 4.74 Å². The molecular formula is C18H15BrO6. The van der Waals surface area contributed by atoms with Gasteiger partial charge in [0.15, 0.2) is 5.75 Å². The fraction of sp³-hybridized carbons (Fsp3) is 0.167.